The summed E-state index contributed by atoms with van der Waals surface area (Å²) in [6.45, 7) is 8.55. The number of nitrogens with zero attached hydrogens (tertiary/aromatic N) is 3. The third-order valence-electron chi connectivity index (χ3n) is 7.70. The van der Waals surface area contributed by atoms with E-state index in [2.05, 4.69) is 10.2 Å². The van der Waals surface area contributed by atoms with Crippen LogP contribution in [0.25, 0.3) is 0 Å². The Morgan fingerprint density at radius 2 is 1.67 bits per heavy atom. The maximum absolute atomic E-state index is 13.1. The van der Waals surface area contributed by atoms with Crippen molar-refractivity contribution in [2.75, 3.05) is 31.1 Å². The highest BCUT2D eigenvalue weighted by atomic mass is 16.6. The van der Waals surface area contributed by atoms with Crippen molar-refractivity contribution in [3.8, 4) is 0 Å². The summed E-state index contributed by atoms with van der Waals surface area (Å²) >= 11 is 0. The minimum atomic E-state index is -0.969. The molecule has 0 radical (unpaired) electrons. The van der Waals surface area contributed by atoms with Gasteiger partial charge >= 0.3 is 6.09 Å². The van der Waals surface area contributed by atoms with Crippen molar-refractivity contribution < 1.29 is 28.7 Å². The number of rotatable bonds is 2. The van der Waals surface area contributed by atoms with Crippen molar-refractivity contribution in [3.63, 3.8) is 0 Å². The number of carbonyl (C=O) groups is 5. The lowest BCUT2D eigenvalue weighted by molar-refractivity contribution is -0.136. The van der Waals surface area contributed by atoms with Gasteiger partial charge in [0.05, 0.1) is 11.1 Å². The monoisotopic (exact) mass is 496 g/mol. The Morgan fingerprint density at radius 3 is 2.33 bits per heavy atom. The molecule has 3 fully saturated rings. The number of likely N-dealkylation sites (tertiary alicyclic amines) is 1. The highest BCUT2D eigenvalue weighted by Crippen LogP contribution is 2.42. The molecule has 192 valence electrons. The van der Waals surface area contributed by atoms with E-state index in [0.717, 1.165) is 42.9 Å². The quantitative estimate of drug-likeness (QED) is 0.625. The molecule has 0 aromatic heterocycles. The summed E-state index contributed by atoms with van der Waals surface area (Å²) in [4.78, 5) is 67.4. The summed E-state index contributed by atoms with van der Waals surface area (Å²) in [7, 11) is 0. The van der Waals surface area contributed by atoms with Gasteiger partial charge in [-0.3, -0.25) is 29.4 Å². The minimum Gasteiger partial charge on any atom is -0.444 e. The second-order valence-electron chi connectivity index (χ2n) is 11.3. The molecule has 5 amide bonds. The van der Waals surface area contributed by atoms with Crippen LogP contribution in [0.1, 0.15) is 73.6 Å². The molecule has 4 aliphatic rings. The minimum absolute atomic E-state index is 0.0680. The van der Waals surface area contributed by atoms with Crippen molar-refractivity contribution in [3.05, 3.63) is 29.3 Å². The predicted molar refractivity (Wildman–Crippen MR) is 129 cm³/mol. The van der Waals surface area contributed by atoms with Gasteiger partial charge in [0, 0.05) is 38.3 Å². The Bertz CT molecular complexity index is 1150. The maximum Gasteiger partial charge on any atom is 0.410 e. The van der Waals surface area contributed by atoms with Crippen molar-refractivity contribution in [2.45, 2.75) is 64.5 Å². The van der Waals surface area contributed by atoms with Crippen LogP contribution in [0.15, 0.2) is 18.2 Å². The fourth-order valence-corrected chi connectivity index (χ4v) is 5.72. The van der Waals surface area contributed by atoms with Crippen LogP contribution in [0, 0.1) is 5.41 Å². The zero-order chi connectivity index (χ0) is 25.8. The van der Waals surface area contributed by atoms with E-state index in [1.807, 2.05) is 31.7 Å². The number of hydrogen-bond acceptors (Lipinski definition) is 7. The van der Waals surface area contributed by atoms with Crippen LogP contribution in [-0.4, -0.2) is 77.3 Å². The molecule has 0 saturated carbocycles. The van der Waals surface area contributed by atoms with E-state index in [1.165, 1.54) is 0 Å². The average molecular weight is 497 g/mol. The van der Waals surface area contributed by atoms with E-state index in [0.29, 0.717) is 18.7 Å². The van der Waals surface area contributed by atoms with Crippen molar-refractivity contribution in [1.82, 2.24) is 15.1 Å². The first-order valence-corrected chi connectivity index (χ1v) is 12.5. The molecule has 5 rings (SSSR count). The molecule has 4 aliphatic heterocycles. The predicted octanol–water partition coefficient (Wildman–Crippen LogP) is 2.32. The molecule has 10 nitrogen and oxygen atoms in total. The highest BCUT2D eigenvalue weighted by molar-refractivity contribution is 6.23. The van der Waals surface area contributed by atoms with Crippen molar-refractivity contribution >= 4 is 35.4 Å². The Morgan fingerprint density at radius 1 is 1.00 bits per heavy atom. The van der Waals surface area contributed by atoms with Gasteiger partial charge in [-0.05, 0) is 70.1 Å². The van der Waals surface area contributed by atoms with Crippen molar-refractivity contribution in [2.24, 2.45) is 5.41 Å². The first kappa shape index (κ1) is 24.3. The number of piperidine rings is 2. The third kappa shape index (κ3) is 4.33. The number of amides is 5. The van der Waals surface area contributed by atoms with Crippen LogP contribution in [-0.2, 0) is 14.3 Å². The summed E-state index contributed by atoms with van der Waals surface area (Å²) in [5.41, 5.74) is 0.983. The normalized spacial score (nSPS) is 23.9. The highest BCUT2D eigenvalue weighted by Gasteiger charge is 2.46. The van der Waals surface area contributed by atoms with E-state index < -0.39 is 35.3 Å². The number of anilines is 1. The van der Waals surface area contributed by atoms with Gasteiger partial charge in [0.25, 0.3) is 11.8 Å². The lowest BCUT2D eigenvalue weighted by Gasteiger charge is -2.40. The number of hydrogen-bond donors (Lipinski definition) is 1. The third-order valence-corrected chi connectivity index (χ3v) is 7.70. The number of carbonyl (C=O) groups excluding carboxylic acids is 5. The molecule has 1 unspecified atom stereocenters. The van der Waals surface area contributed by atoms with Crippen LogP contribution in [0.3, 0.4) is 0 Å². The first-order valence-electron chi connectivity index (χ1n) is 12.5. The zero-order valence-electron chi connectivity index (χ0n) is 21.0. The van der Waals surface area contributed by atoms with Gasteiger partial charge in [-0.2, -0.15) is 0 Å². The Hall–Kier alpha value is -3.43. The zero-order valence-corrected chi connectivity index (χ0v) is 21.0. The van der Waals surface area contributed by atoms with Crippen molar-refractivity contribution in [1.29, 1.82) is 0 Å². The molecule has 1 atom stereocenters. The number of benzene rings is 1. The summed E-state index contributed by atoms with van der Waals surface area (Å²) in [6, 6.07) is 4.27. The Kier molecular flexibility index (Phi) is 5.80. The lowest BCUT2D eigenvalue weighted by Crippen LogP contribution is -2.54. The van der Waals surface area contributed by atoms with Crippen LogP contribution >= 0.6 is 0 Å². The Balaban J connectivity index is 1.25. The summed E-state index contributed by atoms with van der Waals surface area (Å²) < 4.78 is 5.54. The summed E-state index contributed by atoms with van der Waals surface area (Å²) in [5.74, 6) is -2.00. The van der Waals surface area contributed by atoms with Gasteiger partial charge in [0.15, 0.2) is 0 Å². The van der Waals surface area contributed by atoms with Gasteiger partial charge in [-0.1, -0.05) is 0 Å². The van der Waals surface area contributed by atoms with E-state index in [-0.39, 0.29) is 29.9 Å². The molecule has 0 aliphatic carbocycles. The SMILES string of the molecule is CC(C)(C)OC(=O)N1CCC2(CCN(c3ccc4c(c3)C(=O)N(C3CCC(=O)NC3=O)C4=O)CC2)C1. The number of imide groups is 2. The van der Waals surface area contributed by atoms with Gasteiger partial charge < -0.3 is 14.5 Å². The first-order chi connectivity index (χ1) is 17.0. The van der Waals surface area contributed by atoms with Crippen LogP contribution in [0.5, 0.6) is 0 Å². The fraction of sp³-hybridized carbons (Fsp3) is 0.577. The standard InChI is InChI=1S/C26H32N4O6/c1-25(2,3)36-24(35)29-13-10-26(15-29)8-11-28(12-9-26)16-4-5-17-18(14-16)23(34)30(22(17)33)19-6-7-20(31)27-21(19)32/h4-5,14,19H,6-13,15H2,1-3H3,(H,27,31,32). The van der Waals surface area contributed by atoms with E-state index >= 15 is 0 Å². The number of ether oxygens (including phenoxy) is 1. The smallest absolute Gasteiger partial charge is 0.410 e. The Labute approximate surface area is 209 Å². The molecule has 36 heavy (non-hydrogen) atoms. The maximum atomic E-state index is 13.1. The molecule has 0 bridgehead atoms. The van der Waals surface area contributed by atoms with E-state index in [9.17, 15) is 24.0 Å². The van der Waals surface area contributed by atoms with E-state index in [1.54, 1.807) is 12.1 Å². The van der Waals surface area contributed by atoms with Gasteiger partial charge in [0.2, 0.25) is 11.8 Å². The second kappa shape index (κ2) is 8.60. The number of fused-ring (bicyclic) bond motifs is 1. The van der Waals surface area contributed by atoms with Crippen LogP contribution in [0.4, 0.5) is 10.5 Å². The molecule has 1 aromatic carbocycles. The van der Waals surface area contributed by atoms with Gasteiger partial charge in [-0.15, -0.1) is 0 Å². The molecule has 10 heteroatoms. The molecular weight excluding hydrogens is 464 g/mol. The van der Waals surface area contributed by atoms with E-state index in [4.69, 9.17) is 4.74 Å². The summed E-state index contributed by atoms with van der Waals surface area (Å²) in [6.07, 6.45) is 2.74. The largest absolute Gasteiger partial charge is 0.444 e. The van der Waals surface area contributed by atoms with Crippen LogP contribution in [0.2, 0.25) is 0 Å². The number of nitrogens with one attached hydrogen (secondary N) is 1. The second-order valence-corrected chi connectivity index (χ2v) is 11.3. The molecule has 1 N–H and O–H groups in total. The fourth-order valence-electron chi connectivity index (χ4n) is 5.72. The molecule has 1 spiro atoms. The molecule has 4 heterocycles. The van der Waals surface area contributed by atoms with Gasteiger partial charge in [-0.25, -0.2) is 4.79 Å². The molecule has 1 aromatic rings. The summed E-state index contributed by atoms with van der Waals surface area (Å²) in [5, 5.41) is 2.22. The topological polar surface area (TPSA) is 116 Å². The average Bonchev–Trinajstić information content (AvgIpc) is 3.33. The molecular formula is C26H32N4O6. The molecule has 3 saturated heterocycles. The lowest BCUT2D eigenvalue weighted by atomic mass is 9.77. The van der Waals surface area contributed by atoms with Gasteiger partial charge in [0.1, 0.15) is 11.6 Å². The van der Waals surface area contributed by atoms with Crippen LogP contribution < -0.4 is 10.2 Å².